The average molecular weight is 388 g/mol. The van der Waals surface area contributed by atoms with Gasteiger partial charge in [-0.15, -0.1) is 0 Å². The molecule has 0 atom stereocenters. The van der Waals surface area contributed by atoms with E-state index in [1.807, 2.05) is 0 Å². The highest BCUT2D eigenvalue weighted by Gasteiger charge is 2.34. The Labute approximate surface area is 157 Å². The van der Waals surface area contributed by atoms with E-state index in [9.17, 15) is 25.1 Å². The van der Waals surface area contributed by atoms with E-state index in [1.54, 1.807) is 19.1 Å². The van der Waals surface area contributed by atoms with Gasteiger partial charge in [0.2, 0.25) is 0 Å². The van der Waals surface area contributed by atoms with Gasteiger partial charge in [0.05, 0.1) is 15.5 Å². The van der Waals surface area contributed by atoms with Crippen LogP contribution in [0.15, 0.2) is 41.3 Å². The topological polar surface area (TPSA) is 104 Å². The van der Waals surface area contributed by atoms with Crippen LogP contribution < -0.4 is 4.90 Å². The first-order chi connectivity index (χ1) is 12.3. The minimum absolute atomic E-state index is 0.0631. The lowest BCUT2D eigenvalue weighted by atomic mass is 10.1. The van der Waals surface area contributed by atoms with E-state index in [0.717, 1.165) is 11.8 Å². The SMILES string of the molecule is Cc1cc([N+](=O)[O-])ccc1N1C(=O)/C(=C/c2ccc(O)c(O)c2)SC1=S. The second kappa shape index (κ2) is 6.77. The molecule has 9 heteroatoms. The van der Waals surface area contributed by atoms with Gasteiger partial charge >= 0.3 is 0 Å². The first kappa shape index (κ1) is 17.9. The Hall–Kier alpha value is -2.91. The third kappa shape index (κ3) is 3.26. The minimum atomic E-state index is -0.502. The van der Waals surface area contributed by atoms with E-state index in [-0.39, 0.29) is 23.1 Å². The van der Waals surface area contributed by atoms with Crippen LogP contribution in [0.25, 0.3) is 6.08 Å². The Morgan fingerprint density at radius 2 is 1.92 bits per heavy atom. The van der Waals surface area contributed by atoms with Crippen LogP contribution in [0.5, 0.6) is 11.5 Å². The van der Waals surface area contributed by atoms with E-state index in [2.05, 4.69) is 0 Å². The second-order valence-corrected chi connectivity index (χ2v) is 7.17. The van der Waals surface area contributed by atoms with Gasteiger partial charge in [-0.3, -0.25) is 19.8 Å². The summed E-state index contributed by atoms with van der Waals surface area (Å²) in [5.41, 5.74) is 1.50. The number of hydrogen-bond donors (Lipinski definition) is 2. The molecule has 0 saturated carbocycles. The molecule has 0 aromatic heterocycles. The van der Waals surface area contributed by atoms with Crippen molar-refractivity contribution in [3.8, 4) is 11.5 Å². The highest BCUT2D eigenvalue weighted by atomic mass is 32.2. The fourth-order valence-corrected chi connectivity index (χ4v) is 3.75. The number of thiocarbonyl (C=S) groups is 1. The number of nitro benzene ring substituents is 1. The number of phenolic OH excluding ortho intramolecular Hbond substituents is 2. The third-order valence-corrected chi connectivity index (χ3v) is 5.03. The number of carbonyl (C=O) groups excluding carboxylic acids is 1. The van der Waals surface area contributed by atoms with Crippen LogP contribution in [0.2, 0.25) is 0 Å². The number of amides is 1. The van der Waals surface area contributed by atoms with Crippen molar-refractivity contribution >= 4 is 51.7 Å². The molecule has 7 nitrogen and oxygen atoms in total. The molecule has 2 N–H and O–H groups in total. The van der Waals surface area contributed by atoms with Crippen molar-refractivity contribution in [2.45, 2.75) is 6.92 Å². The molecule has 1 amide bonds. The molecule has 0 unspecified atom stereocenters. The summed E-state index contributed by atoms with van der Waals surface area (Å²) in [4.78, 5) is 24.8. The summed E-state index contributed by atoms with van der Waals surface area (Å²) in [7, 11) is 0. The predicted molar refractivity (Wildman–Crippen MR) is 103 cm³/mol. The number of phenols is 2. The van der Waals surface area contributed by atoms with Gasteiger partial charge in [0.15, 0.2) is 15.8 Å². The molecule has 1 fully saturated rings. The fraction of sp³-hybridized carbons (Fsp3) is 0.0588. The molecule has 1 aliphatic rings. The molecular weight excluding hydrogens is 376 g/mol. The van der Waals surface area contributed by atoms with E-state index < -0.39 is 4.92 Å². The lowest BCUT2D eigenvalue weighted by molar-refractivity contribution is -0.384. The van der Waals surface area contributed by atoms with Gasteiger partial charge < -0.3 is 10.2 Å². The van der Waals surface area contributed by atoms with Crippen LogP contribution >= 0.6 is 24.0 Å². The summed E-state index contributed by atoms with van der Waals surface area (Å²) in [5, 5.41) is 29.8. The normalized spacial score (nSPS) is 15.7. The molecule has 0 spiro atoms. The second-order valence-electron chi connectivity index (χ2n) is 5.49. The summed E-state index contributed by atoms with van der Waals surface area (Å²) < 4.78 is 0.307. The number of aromatic hydroxyl groups is 2. The van der Waals surface area contributed by atoms with Gasteiger partial charge in [0.1, 0.15) is 0 Å². The van der Waals surface area contributed by atoms with Crippen molar-refractivity contribution in [1.82, 2.24) is 0 Å². The number of rotatable bonds is 3. The molecule has 1 aliphatic heterocycles. The molecule has 3 rings (SSSR count). The molecule has 1 heterocycles. The molecular formula is C17H12N2O5S2. The van der Waals surface area contributed by atoms with Crippen LogP contribution in [0.1, 0.15) is 11.1 Å². The summed E-state index contributed by atoms with van der Waals surface area (Å²) in [6.45, 7) is 1.67. The zero-order valence-electron chi connectivity index (χ0n) is 13.4. The zero-order valence-corrected chi connectivity index (χ0v) is 15.0. The molecule has 1 saturated heterocycles. The summed E-state index contributed by atoms with van der Waals surface area (Å²) in [5.74, 6) is -0.902. The van der Waals surface area contributed by atoms with E-state index >= 15 is 0 Å². The molecule has 26 heavy (non-hydrogen) atoms. The first-order valence-corrected chi connectivity index (χ1v) is 8.55. The highest BCUT2D eigenvalue weighted by Crippen LogP contribution is 2.38. The van der Waals surface area contributed by atoms with E-state index in [1.165, 1.54) is 35.2 Å². The van der Waals surface area contributed by atoms with E-state index in [0.29, 0.717) is 26.0 Å². The van der Waals surface area contributed by atoms with Crippen LogP contribution in [0.3, 0.4) is 0 Å². The third-order valence-electron chi connectivity index (χ3n) is 3.72. The lowest BCUT2D eigenvalue weighted by Crippen LogP contribution is -2.28. The Balaban J connectivity index is 1.95. The quantitative estimate of drug-likeness (QED) is 0.271. The molecule has 0 bridgehead atoms. The van der Waals surface area contributed by atoms with Gasteiger partial charge in [-0.05, 0) is 42.3 Å². The van der Waals surface area contributed by atoms with Gasteiger partial charge in [-0.1, -0.05) is 30.0 Å². The minimum Gasteiger partial charge on any atom is -0.504 e. The molecule has 132 valence electrons. The van der Waals surface area contributed by atoms with Crippen molar-refractivity contribution in [2.75, 3.05) is 4.90 Å². The summed E-state index contributed by atoms with van der Waals surface area (Å²) in [6.07, 6.45) is 1.55. The Morgan fingerprint density at radius 3 is 2.54 bits per heavy atom. The number of carbonyl (C=O) groups is 1. The Kier molecular flexibility index (Phi) is 4.66. The lowest BCUT2D eigenvalue weighted by Gasteiger charge is -2.16. The van der Waals surface area contributed by atoms with Crippen molar-refractivity contribution < 1.29 is 19.9 Å². The monoisotopic (exact) mass is 388 g/mol. The van der Waals surface area contributed by atoms with Crippen molar-refractivity contribution in [1.29, 1.82) is 0 Å². The number of nitro groups is 1. The van der Waals surface area contributed by atoms with Crippen LogP contribution in [-0.4, -0.2) is 25.4 Å². The average Bonchev–Trinajstić information content (AvgIpc) is 2.85. The molecule has 0 aliphatic carbocycles. The van der Waals surface area contributed by atoms with Gasteiger partial charge in [-0.2, -0.15) is 0 Å². The number of aryl methyl sites for hydroxylation is 1. The smallest absolute Gasteiger partial charge is 0.270 e. The van der Waals surface area contributed by atoms with Crippen molar-refractivity contribution in [3.05, 3.63) is 62.5 Å². The van der Waals surface area contributed by atoms with Gasteiger partial charge in [-0.25, -0.2) is 0 Å². The van der Waals surface area contributed by atoms with Crippen LogP contribution in [-0.2, 0) is 4.79 Å². The van der Waals surface area contributed by atoms with Crippen molar-refractivity contribution in [2.24, 2.45) is 0 Å². The number of benzene rings is 2. The maximum absolute atomic E-state index is 12.7. The molecule has 2 aromatic carbocycles. The molecule has 0 radical (unpaired) electrons. The maximum Gasteiger partial charge on any atom is 0.270 e. The number of anilines is 1. The number of hydrogen-bond acceptors (Lipinski definition) is 7. The van der Waals surface area contributed by atoms with Crippen LogP contribution in [0, 0.1) is 17.0 Å². The molecule has 2 aromatic rings. The Morgan fingerprint density at radius 1 is 1.19 bits per heavy atom. The van der Waals surface area contributed by atoms with Gasteiger partial charge in [0, 0.05) is 12.1 Å². The standard InChI is InChI=1S/C17H12N2O5S2/c1-9-6-11(19(23)24)3-4-12(9)18-16(22)15(26-17(18)25)8-10-2-5-13(20)14(21)7-10/h2-8,20-21H,1H3/b15-8-. The van der Waals surface area contributed by atoms with Crippen molar-refractivity contribution in [3.63, 3.8) is 0 Å². The summed E-state index contributed by atoms with van der Waals surface area (Å²) >= 11 is 6.38. The highest BCUT2D eigenvalue weighted by molar-refractivity contribution is 8.27. The zero-order chi connectivity index (χ0) is 19.0. The van der Waals surface area contributed by atoms with E-state index in [4.69, 9.17) is 12.2 Å². The maximum atomic E-state index is 12.7. The van der Waals surface area contributed by atoms with Gasteiger partial charge in [0.25, 0.3) is 11.6 Å². The largest absolute Gasteiger partial charge is 0.504 e. The number of thioether (sulfide) groups is 1. The fourth-order valence-electron chi connectivity index (χ4n) is 2.46. The number of nitrogens with zero attached hydrogens (tertiary/aromatic N) is 2. The summed E-state index contributed by atoms with van der Waals surface area (Å²) in [6, 6.07) is 8.41. The predicted octanol–water partition coefficient (Wildman–Crippen LogP) is 3.72. The van der Waals surface area contributed by atoms with Crippen LogP contribution in [0.4, 0.5) is 11.4 Å². The first-order valence-electron chi connectivity index (χ1n) is 7.33. The number of non-ortho nitro benzene ring substituents is 1. The Bertz CT molecular complexity index is 987.